The average molecular weight is 711 g/mol. The molecule has 0 heterocycles. The van der Waals surface area contributed by atoms with Gasteiger partial charge in [-0.25, -0.2) is 0 Å². The highest BCUT2D eigenvalue weighted by Crippen LogP contribution is 2.48. The molecule has 8 rings (SSSR count). The Balaban J connectivity index is 0.000000158. The highest BCUT2D eigenvalue weighted by Gasteiger charge is 2.34. The van der Waals surface area contributed by atoms with Crippen LogP contribution in [0, 0.1) is 27.7 Å². The van der Waals surface area contributed by atoms with Crippen LogP contribution in [0.2, 0.25) is 0 Å². The molecular formula is C54H62. The van der Waals surface area contributed by atoms with Crippen LogP contribution in [0.3, 0.4) is 0 Å². The van der Waals surface area contributed by atoms with E-state index in [2.05, 4.69) is 214 Å². The van der Waals surface area contributed by atoms with E-state index in [4.69, 9.17) is 0 Å². The van der Waals surface area contributed by atoms with Crippen LogP contribution in [0.1, 0.15) is 97.9 Å². The molecule has 0 radical (unpaired) electrons. The molecule has 54 heavy (non-hydrogen) atoms. The van der Waals surface area contributed by atoms with Crippen molar-refractivity contribution in [3.8, 4) is 11.1 Å². The Kier molecular flexibility index (Phi) is 16.1. The van der Waals surface area contributed by atoms with Crippen molar-refractivity contribution in [3.63, 3.8) is 0 Å². The maximum Gasteiger partial charge on any atom is 0.0158 e. The number of fused-ring (bicyclic) bond motifs is 4. The molecule has 0 spiro atoms. The molecule has 0 saturated carbocycles. The lowest BCUT2D eigenvalue weighted by molar-refractivity contribution is 0.660. The van der Waals surface area contributed by atoms with Crippen molar-refractivity contribution in [1.82, 2.24) is 0 Å². The zero-order valence-corrected chi connectivity index (χ0v) is 34.4. The third-order valence-corrected chi connectivity index (χ3v) is 10.2. The van der Waals surface area contributed by atoms with Crippen LogP contribution < -0.4 is 0 Å². The van der Waals surface area contributed by atoms with Gasteiger partial charge < -0.3 is 0 Å². The van der Waals surface area contributed by atoms with Crippen LogP contribution >= 0.6 is 0 Å². The van der Waals surface area contributed by atoms with Gasteiger partial charge in [-0.15, -0.1) is 0 Å². The lowest BCUT2D eigenvalue weighted by atomic mass is 9.82. The van der Waals surface area contributed by atoms with Crippen molar-refractivity contribution in [2.75, 3.05) is 0 Å². The van der Waals surface area contributed by atoms with Crippen molar-refractivity contribution in [2.45, 2.75) is 92.9 Å². The molecule has 0 fully saturated rings. The van der Waals surface area contributed by atoms with Crippen LogP contribution in [-0.2, 0) is 11.8 Å². The smallest absolute Gasteiger partial charge is 0.0158 e. The zero-order valence-electron chi connectivity index (χ0n) is 34.4. The Hall–Kier alpha value is -5.20. The van der Waals surface area contributed by atoms with E-state index in [0.29, 0.717) is 5.92 Å². The van der Waals surface area contributed by atoms with E-state index in [1.165, 1.54) is 85.7 Å². The molecule has 0 aliphatic heterocycles. The second kappa shape index (κ2) is 20.9. The fourth-order valence-corrected chi connectivity index (χ4v) is 6.71. The molecule has 0 bridgehead atoms. The fourth-order valence-electron chi connectivity index (χ4n) is 6.71. The Morgan fingerprint density at radius 3 is 1.52 bits per heavy atom. The zero-order chi connectivity index (χ0) is 38.9. The average Bonchev–Trinajstić information content (AvgIpc) is 3.43. The number of hydrogen-bond acceptors (Lipinski definition) is 0. The van der Waals surface area contributed by atoms with Crippen molar-refractivity contribution >= 4 is 10.8 Å². The molecule has 0 saturated heterocycles. The molecule has 0 aromatic heterocycles. The standard InChI is InChI=1S/C18H20.C11H10.C10H14.C8H10.C7H8/c1-4-7-13-10-11-17-15(12-13)14-8-5-6-9-16(14)18(17,2)3;1-9-6-7-10-4-2-3-5-11(10)8-9;1-3-9(2)10-7-5-4-6-8-10;1-7-3-5-8(2)6-4-7;1-7-5-3-2-4-6-7/h5-6,8-12H,4,7H2,1-3H3;2-8H,1H3;4-9H,3H2,1-2H3;3-6H,1-2H3;2-6H,1H3. The summed E-state index contributed by atoms with van der Waals surface area (Å²) in [6.45, 7) is 19.8. The van der Waals surface area contributed by atoms with E-state index >= 15 is 0 Å². The Morgan fingerprint density at radius 1 is 0.444 bits per heavy atom. The van der Waals surface area contributed by atoms with Crippen LogP contribution in [-0.4, -0.2) is 0 Å². The van der Waals surface area contributed by atoms with Crippen LogP contribution in [0.15, 0.2) is 170 Å². The molecule has 278 valence electrons. The second-order valence-corrected chi connectivity index (χ2v) is 15.2. The van der Waals surface area contributed by atoms with Gasteiger partial charge in [-0.05, 0) is 90.6 Å². The van der Waals surface area contributed by atoms with Crippen molar-refractivity contribution in [3.05, 3.63) is 214 Å². The van der Waals surface area contributed by atoms with Gasteiger partial charge in [0.1, 0.15) is 0 Å². The van der Waals surface area contributed by atoms with E-state index in [1.54, 1.807) is 0 Å². The van der Waals surface area contributed by atoms with Gasteiger partial charge in [-0.2, -0.15) is 0 Å². The molecule has 0 amide bonds. The van der Waals surface area contributed by atoms with Gasteiger partial charge in [0, 0.05) is 5.41 Å². The maximum absolute atomic E-state index is 2.40. The monoisotopic (exact) mass is 710 g/mol. The van der Waals surface area contributed by atoms with E-state index in [-0.39, 0.29) is 5.41 Å². The summed E-state index contributed by atoms with van der Waals surface area (Å²) in [5.41, 5.74) is 14.2. The molecule has 0 N–H and O–H groups in total. The molecule has 1 atom stereocenters. The van der Waals surface area contributed by atoms with Crippen molar-refractivity contribution in [2.24, 2.45) is 0 Å². The van der Waals surface area contributed by atoms with Crippen LogP contribution in [0.25, 0.3) is 21.9 Å². The van der Waals surface area contributed by atoms with E-state index in [0.717, 1.165) is 0 Å². The number of aryl methyl sites for hydroxylation is 5. The van der Waals surface area contributed by atoms with Gasteiger partial charge in [0.25, 0.3) is 0 Å². The first-order chi connectivity index (χ1) is 26.0. The maximum atomic E-state index is 2.40. The number of rotatable bonds is 4. The lowest BCUT2D eigenvalue weighted by Gasteiger charge is -2.21. The Labute approximate surface area is 328 Å². The molecule has 7 aromatic rings. The first kappa shape index (κ1) is 41.6. The second-order valence-electron chi connectivity index (χ2n) is 15.2. The molecule has 7 aromatic carbocycles. The van der Waals surface area contributed by atoms with Gasteiger partial charge in [0.2, 0.25) is 0 Å². The van der Waals surface area contributed by atoms with Gasteiger partial charge in [-0.1, -0.05) is 233 Å². The molecular weight excluding hydrogens is 649 g/mol. The normalized spacial score (nSPS) is 12.1. The summed E-state index contributed by atoms with van der Waals surface area (Å²) < 4.78 is 0. The van der Waals surface area contributed by atoms with Gasteiger partial charge in [0.15, 0.2) is 0 Å². The quantitative estimate of drug-likeness (QED) is 0.171. The predicted molar refractivity (Wildman–Crippen MR) is 239 cm³/mol. The van der Waals surface area contributed by atoms with Gasteiger partial charge in [0.05, 0.1) is 0 Å². The minimum Gasteiger partial charge on any atom is -0.0651 e. The summed E-state index contributed by atoms with van der Waals surface area (Å²) in [5.74, 6) is 0.709. The van der Waals surface area contributed by atoms with Crippen LogP contribution in [0.4, 0.5) is 0 Å². The summed E-state index contributed by atoms with van der Waals surface area (Å²) in [7, 11) is 0. The minimum atomic E-state index is 0.149. The molecule has 0 nitrogen and oxygen atoms in total. The Morgan fingerprint density at radius 2 is 0.944 bits per heavy atom. The number of benzene rings is 7. The van der Waals surface area contributed by atoms with Crippen LogP contribution in [0.5, 0.6) is 0 Å². The first-order valence-electron chi connectivity index (χ1n) is 19.8. The predicted octanol–water partition coefficient (Wildman–Crippen LogP) is 15.6. The van der Waals surface area contributed by atoms with Gasteiger partial charge in [-0.3, -0.25) is 0 Å². The fraction of sp³-hybridized carbons (Fsp3) is 0.259. The summed E-state index contributed by atoms with van der Waals surface area (Å²) in [5, 5.41) is 2.64. The topological polar surface area (TPSA) is 0 Å². The van der Waals surface area contributed by atoms with E-state index in [1.807, 2.05) is 18.2 Å². The minimum absolute atomic E-state index is 0.149. The summed E-state index contributed by atoms with van der Waals surface area (Å²) in [4.78, 5) is 0. The SMILES string of the molecule is CCC(C)c1ccccc1.CCCc1ccc2c(c1)-c1ccccc1C2(C)C.Cc1ccc(C)cc1.Cc1ccc2ccccc2c1.Cc1ccccc1. The molecule has 1 unspecified atom stereocenters. The largest absolute Gasteiger partial charge is 0.0651 e. The Bertz CT molecular complexity index is 2100. The first-order valence-corrected chi connectivity index (χ1v) is 19.8. The lowest BCUT2D eigenvalue weighted by Crippen LogP contribution is -2.14. The van der Waals surface area contributed by atoms with Gasteiger partial charge >= 0.3 is 0 Å². The molecule has 1 aliphatic rings. The highest BCUT2D eigenvalue weighted by molar-refractivity contribution is 5.83. The summed E-state index contributed by atoms with van der Waals surface area (Å²) in [6.07, 6.45) is 3.61. The summed E-state index contributed by atoms with van der Waals surface area (Å²) in [6, 6.07) is 60.2. The third kappa shape index (κ3) is 12.2. The van der Waals surface area contributed by atoms with Crippen molar-refractivity contribution in [1.29, 1.82) is 0 Å². The van der Waals surface area contributed by atoms with E-state index in [9.17, 15) is 0 Å². The van der Waals surface area contributed by atoms with E-state index < -0.39 is 0 Å². The van der Waals surface area contributed by atoms with Crippen molar-refractivity contribution < 1.29 is 0 Å². The molecule has 1 aliphatic carbocycles. The molecule has 0 heteroatoms. The summed E-state index contributed by atoms with van der Waals surface area (Å²) >= 11 is 0. The number of hydrogen-bond donors (Lipinski definition) is 0. The third-order valence-electron chi connectivity index (χ3n) is 10.2. The highest BCUT2D eigenvalue weighted by atomic mass is 14.4.